The Morgan fingerprint density at radius 1 is 1.42 bits per heavy atom. The Hall–Kier alpha value is 0.230. The molecule has 0 amide bonds. The van der Waals surface area contributed by atoms with E-state index in [0.717, 1.165) is 25.2 Å². The second-order valence-electron chi connectivity index (χ2n) is 2.61. The number of aliphatic hydroxyl groups is 2. The normalized spacial score (nSPS) is 13.2. The lowest BCUT2D eigenvalue weighted by Gasteiger charge is -2.05. The lowest BCUT2D eigenvalue weighted by atomic mass is 10.4. The van der Waals surface area contributed by atoms with Crippen molar-refractivity contribution in [2.75, 3.05) is 31.8 Å². The molecule has 0 fully saturated rings. The molecule has 0 aliphatic heterocycles. The summed E-state index contributed by atoms with van der Waals surface area (Å²) in [5, 5.41) is 17.5. The zero-order valence-electron chi connectivity index (χ0n) is 7.53. The fourth-order valence-corrected chi connectivity index (χ4v) is 1.67. The minimum atomic E-state index is -0.558. The van der Waals surface area contributed by atoms with Gasteiger partial charge in [0.05, 0.1) is 12.7 Å². The van der Waals surface area contributed by atoms with E-state index in [4.69, 9.17) is 14.9 Å². The molecule has 74 valence electrons. The van der Waals surface area contributed by atoms with Crippen LogP contribution in [0, 0.1) is 0 Å². The monoisotopic (exact) mass is 194 g/mol. The van der Waals surface area contributed by atoms with Gasteiger partial charge in [0.2, 0.25) is 0 Å². The SMILES string of the molecule is COCCCCSCC(O)CO. The zero-order chi connectivity index (χ0) is 9.23. The van der Waals surface area contributed by atoms with Crippen LogP contribution in [0.25, 0.3) is 0 Å². The first-order chi connectivity index (χ1) is 5.81. The fraction of sp³-hybridized carbons (Fsp3) is 1.00. The Bertz CT molecular complexity index is 90.4. The van der Waals surface area contributed by atoms with Crippen molar-refractivity contribution in [1.82, 2.24) is 0 Å². The van der Waals surface area contributed by atoms with Gasteiger partial charge in [-0.05, 0) is 18.6 Å². The average molecular weight is 194 g/mol. The Balaban J connectivity index is 2.90. The van der Waals surface area contributed by atoms with Crippen LogP contribution in [-0.2, 0) is 4.74 Å². The Kier molecular flexibility index (Phi) is 9.50. The largest absolute Gasteiger partial charge is 0.394 e. The van der Waals surface area contributed by atoms with Gasteiger partial charge in [0.25, 0.3) is 0 Å². The van der Waals surface area contributed by atoms with Gasteiger partial charge in [0, 0.05) is 19.5 Å². The van der Waals surface area contributed by atoms with Gasteiger partial charge in [-0.2, -0.15) is 11.8 Å². The molecule has 0 spiro atoms. The van der Waals surface area contributed by atoms with Crippen molar-refractivity contribution >= 4 is 11.8 Å². The molecule has 0 rings (SSSR count). The van der Waals surface area contributed by atoms with Crippen LogP contribution in [0.15, 0.2) is 0 Å². The third-order valence-corrected chi connectivity index (χ3v) is 2.61. The van der Waals surface area contributed by atoms with Crippen LogP contribution in [0.3, 0.4) is 0 Å². The lowest BCUT2D eigenvalue weighted by Crippen LogP contribution is -2.14. The molecule has 0 bridgehead atoms. The summed E-state index contributed by atoms with van der Waals surface area (Å²) in [6.07, 6.45) is 1.62. The molecular formula is C8H18O3S. The second kappa shape index (κ2) is 9.32. The standard InChI is InChI=1S/C8H18O3S/c1-11-4-2-3-5-12-7-8(10)6-9/h8-10H,2-7H2,1H3. The molecule has 3 nitrogen and oxygen atoms in total. The number of hydrogen-bond donors (Lipinski definition) is 2. The smallest absolute Gasteiger partial charge is 0.0861 e. The van der Waals surface area contributed by atoms with Crippen molar-refractivity contribution < 1.29 is 14.9 Å². The minimum Gasteiger partial charge on any atom is -0.394 e. The van der Waals surface area contributed by atoms with E-state index in [-0.39, 0.29) is 6.61 Å². The number of hydrogen-bond acceptors (Lipinski definition) is 4. The maximum absolute atomic E-state index is 8.97. The molecule has 0 saturated carbocycles. The summed E-state index contributed by atoms with van der Waals surface area (Å²) in [6, 6.07) is 0. The summed E-state index contributed by atoms with van der Waals surface area (Å²) in [7, 11) is 1.70. The maximum atomic E-state index is 8.97. The number of rotatable bonds is 8. The Labute approximate surface area is 78.1 Å². The van der Waals surface area contributed by atoms with Crippen molar-refractivity contribution in [3.05, 3.63) is 0 Å². The third kappa shape index (κ3) is 8.33. The summed E-state index contributed by atoms with van der Waals surface area (Å²) >= 11 is 1.67. The fourth-order valence-electron chi connectivity index (χ4n) is 0.723. The van der Waals surface area contributed by atoms with Gasteiger partial charge in [0.15, 0.2) is 0 Å². The van der Waals surface area contributed by atoms with E-state index < -0.39 is 6.10 Å². The van der Waals surface area contributed by atoms with Gasteiger partial charge >= 0.3 is 0 Å². The summed E-state index contributed by atoms with van der Waals surface area (Å²) in [5.74, 6) is 1.66. The van der Waals surface area contributed by atoms with Crippen LogP contribution in [-0.4, -0.2) is 48.1 Å². The van der Waals surface area contributed by atoms with E-state index >= 15 is 0 Å². The number of unbranched alkanes of at least 4 members (excludes halogenated alkanes) is 1. The van der Waals surface area contributed by atoms with Crippen molar-refractivity contribution in [2.45, 2.75) is 18.9 Å². The highest BCUT2D eigenvalue weighted by atomic mass is 32.2. The average Bonchev–Trinajstić information content (AvgIpc) is 2.10. The molecule has 0 aromatic rings. The van der Waals surface area contributed by atoms with Gasteiger partial charge in [-0.3, -0.25) is 0 Å². The van der Waals surface area contributed by atoms with E-state index in [2.05, 4.69) is 0 Å². The van der Waals surface area contributed by atoms with Gasteiger partial charge in [-0.25, -0.2) is 0 Å². The van der Waals surface area contributed by atoms with Gasteiger partial charge in [-0.15, -0.1) is 0 Å². The topological polar surface area (TPSA) is 49.7 Å². The molecule has 0 aromatic heterocycles. The molecule has 0 aromatic carbocycles. The summed E-state index contributed by atoms with van der Waals surface area (Å²) in [4.78, 5) is 0. The number of methoxy groups -OCH3 is 1. The van der Waals surface area contributed by atoms with Crippen LogP contribution in [0.5, 0.6) is 0 Å². The maximum Gasteiger partial charge on any atom is 0.0861 e. The van der Waals surface area contributed by atoms with Crippen LogP contribution in [0.1, 0.15) is 12.8 Å². The molecule has 1 atom stereocenters. The van der Waals surface area contributed by atoms with E-state index in [1.807, 2.05) is 0 Å². The molecule has 2 N–H and O–H groups in total. The highest BCUT2D eigenvalue weighted by Crippen LogP contribution is 2.06. The summed E-state index contributed by atoms with van der Waals surface area (Å²) in [5.41, 5.74) is 0. The first-order valence-electron chi connectivity index (χ1n) is 4.17. The molecule has 12 heavy (non-hydrogen) atoms. The van der Waals surface area contributed by atoms with Crippen LogP contribution >= 0.6 is 11.8 Å². The molecule has 4 heteroatoms. The van der Waals surface area contributed by atoms with E-state index in [9.17, 15) is 0 Å². The molecular weight excluding hydrogens is 176 g/mol. The molecule has 0 heterocycles. The van der Waals surface area contributed by atoms with Crippen LogP contribution in [0.4, 0.5) is 0 Å². The van der Waals surface area contributed by atoms with Crippen molar-refractivity contribution in [2.24, 2.45) is 0 Å². The number of ether oxygens (including phenoxy) is 1. The van der Waals surface area contributed by atoms with Crippen LogP contribution in [0.2, 0.25) is 0 Å². The minimum absolute atomic E-state index is 0.134. The lowest BCUT2D eigenvalue weighted by molar-refractivity contribution is 0.113. The van der Waals surface area contributed by atoms with Gasteiger partial charge in [0.1, 0.15) is 0 Å². The van der Waals surface area contributed by atoms with Gasteiger partial charge < -0.3 is 14.9 Å². The molecule has 0 saturated heterocycles. The molecule has 1 unspecified atom stereocenters. The highest BCUT2D eigenvalue weighted by Gasteiger charge is 2.00. The predicted molar refractivity (Wildman–Crippen MR) is 51.5 cm³/mol. The zero-order valence-corrected chi connectivity index (χ0v) is 8.35. The predicted octanol–water partition coefficient (Wildman–Crippen LogP) is 0.499. The van der Waals surface area contributed by atoms with E-state index in [1.54, 1.807) is 18.9 Å². The van der Waals surface area contributed by atoms with Crippen molar-refractivity contribution in [1.29, 1.82) is 0 Å². The van der Waals surface area contributed by atoms with Crippen LogP contribution < -0.4 is 0 Å². The molecule has 0 aliphatic carbocycles. The quantitative estimate of drug-likeness (QED) is 0.552. The first-order valence-corrected chi connectivity index (χ1v) is 5.32. The summed E-state index contributed by atoms with van der Waals surface area (Å²) < 4.78 is 4.89. The molecule has 0 aliphatic rings. The number of thioether (sulfide) groups is 1. The second-order valence-corrected chi connectivity index (χ2v) is 3.76. The Morgan fingerprint density at radius 3 is 2.75 bits per heavy atom. The highest BCUT2D eigenvalue weighted by molar-refractivity contribution is 7.99. The van der Waals surface area contributed by atoms with Crippen molar-refractivity contribution in [3.63, 3.8) is 0 Å². The number of aliphatic hydroxyl groups excluding tert-OH is 2. The Morgan fingerprint density at radius 2 is 2.17 bits per heavy atom. The van der Waals surface area contributed by atoms with E-state index in [0.29, 0.717) is 5.75 Å². The molecule has 0 radical (unpaired) electrons. The first kappa shape index (κ1) is 12.2. The van der Waals surface area contributed by atoms with Crippen molar-refractivity contribution in [3.8, 4) is 0 Å². The summed E-state index contributed by atoms with van der Waals surface area (Å²) in [6.45, 7) is 0.675. The van der Waals surface area contributed by atoms with E-state index in [1.165, 1.54) is 0 Å². The van der Waals surface area contributed by atoms with Gasteiger partial charge in [-0.1, -0.05) is 0 Å². The third-order valence-electron chi connectivity index (χ3n) is 1.41.